The molecule has 5 nitrogen and oxygen atoms in total. The van der Waals surface area contributed by atoms with Crippen LogP contribution in [0.5, 0.6) is 5.75 Å². The van der Waals surface area contributed by atoms with E-state index in [9.17, 15) is 8.78 Å². The molecule has 7 heteroatoms. The van der Waals surface area contributed by atoms with Crippen molar-refractivity contribution in [3.63, 3.8) is 0 Å². The van der Waals surface area contributed by atoms with Crippen molar-refractivity contribution in [3.05, 3.63) is 41.0 Å². The standard InChI is InChI=1S/C13H15F2N3O2/c1-2-3-11-17-12(20-18-11)7-19-13-9(14)4-8(6-16)5-10(13)15/h4-5H,2-3,6-7,16H2,1H3. The molecule has 0 aliphatic heterocycles. The van der Waals surface area contributed by atoms with E-state index < -0.39 is 17.4 Å². The maximum Gasteiger partial charge on any atom is 0.264 e. The minimum atomic E-state index is -0.807. The maximum atomic E-state index is 13.6. The van der Waals surface area contributed by atoms with Crippen LogP contribution in [-0.4, -0.2) is 10.1 Å². The molecular formula is C13H15F2N3O2. The first-order valence-electron chi connectivity index (χ1n) is 6.26. The number of benzene rings is 1. The number of ether oxygens (including phenoxy) is 1. The number of hydrogen-bond acceptors (Lipinski definition) is 5. The fraction of sp³-hybridized carbons (Fsp3) is 0.385. The van der Waals surface area contributed by atoms with Gasteiger partial charge in [-0.05, 0) is 24.1 Å². The summed E-state index contributed by atoms with van der Waals surface area (Å²) in [5.41, 5.74) is 5.68. The fourth-order valence-corrected chi connectivity index (χ4v) is 1.68. The molecule has 2 aromatic rings. The molecule has 0 unspecified atom stereocenters. The maximum absolute atomic E-state index is 13.6. The molecule has 2 rings (SSSR count). The van der Waals surface area contributed by atoms with Gasteiger partial charge in [0.05, 0.1) is 0 Å². The van der Waals surface area contributed by atoms with Crippen LogP contribution in [0.1, 0.15) is 30.6 Å². The second-order valence-electron chi connectivity index (χ2n) is 4.24. The third kappa shape index (κ3) is 3.30. The number of nitrogens with zero attached hydrogens (tertiary/aromatic N) is 2. The van der Waals surface area contributed by atoms with Gasteiger partial charge in [-0.3, -0.25) is 0 Å². The molecule has 0 saturated carbocycles. The number of rotatable bonds is 6. The number of aromatic nitrogens is 2. The smallest absolute Gasteiger partial charge is 0.264 e. The number of hydrogen-bond donors (Lipinski definition) is 1. The lowest BCUT2D eigenvalue weighted by Gasteiger charge is -2.07. The summed E-state index contributed by atoms with van der Waals surface area (Å²) in [6, 6.07) is 2.27. The van der Waals surface area contributed by atoms with Gasteiger partial charge in [-0.2, -0.15) is 4.98 Å². The molecule has 1 heterocycles. The zero-order valence-corrected chi connectivity index (χ0v) is 11.0. The highest BCUT2D eigenvalue weighted by Crippen LogP contribution is 2.24. The molecule has 0 aliphatic rings. The predicted molar refractivity (Wildman–Crippen MR) is 66.9 cm³/mol. The van der Waals surface area contributed by atoms with Crippen LogP contribution in [0.15, 0.2) is 16.7 Å². The summed E-state index contributed by atoms with van der Waals surface area (Å²) < 4.78 is 37.2. The molecule has 2 N–H and O–H groups in total. The first-order chi connectivity index (χ1) is 9.63. The molecule has 0 aliphatic carbocycles. The van der Waals surface area contributed by atoms with E-state index in [-0.39, 0.29) is 19.0 Å². The Kier molecular flexibility index (Phi) is 4.62. The summed E-state index contributed by atoms with van der Waals surface area (Å²) in [6.07, 6.45) is 1.56. The first kappa shape index (κ1) is 14.4. The Morgan fingerprint density at radius 1 is 1.30 bits per heavy atom. The molecule has 0 fully saturated rings. The summed E-state index contributed by atoms with van der Waals surface area (Å²) in [5.74, 6) is -1.37. The van der Waals surface area contributed by atoms with Gasteiger partial charge >= 0.3 is 0 Å². The van der Waals surface area contributed by atoms with Gasteiger partial charge in [0.1, 0.15) is 0 Å². The van der Waals surface area contributed by atoms with Crippen molar-refractivity contribution in [3.8, 4) is 5.75 Å². The van der Waals surface area contributed by atoms with Crippen LogP contribution in [0.2, 0.25) is 0 Å². The second kappa shape index (κ2) is 6.42. The van der Waals surface area contributed by atoms with Crippen LogP contribution in [0.3, 0.4) is 0 Å². The topological polar surface area (TPSA) is 74.2 Å². The van der Waals surface area contributed by atoms with E-state index in [2.05, 4.69) is 10.1 Å². The Morgan fingerprint density at radius 3 is 2.60 bits per heavy atom. The molecule has 108 valence electrons. The molecule has 1 aromatic heterocycles. The number of halogens is 2. The molecule has 0 saturated heterocycles. The Bertz CT molecular complexity index is 564. The molecule has 20 heavy (non-hydrogen) atoms. The first-order valence-corrected chi connectivity index (χ1v) is 6.26. The van der Waals surface area contributed by atoms with Crippen LogP contribution < -0.4 is 10.5 Å². The van der Waals surface area contributed by atoms with Gasteiger partial charge in [0.2, 0.25) is 0 Å². The van der Waals surface area contributed by atoms with Gasteiger partial charge in [0.15, 0.2) is 29.8 Å². The summed E-state index contributed by atoms with van der Waals surface area (Å²) in [4.78, 5) is 4.04. The van der Waals surface area contributed by atoms with E-state index >= 15 is 0 Å². The highest BCUT2D eigenvalue weighted by Gasteiger charge is 2.14. The van der Waals surface area contributed by atoms with Gasteiger partial charge in [-0.1, -0.05) is 12.1 Å². The Labute approximate surface area is 114 Å². The molecule has 0 radical (unpaired) electrons. The second-order valence-corrected chi connectivity index (χ2v) is 4.24. The minimum Gasteiger partial charge on any atom is -0.478 e. The fourth-order valence-electron chi connectivity index (χ4n) is 1.68. The normalized spacial score (nSPS) is 10.8. The summed E-state index contributed by atoms with van der Waals surface area (Å²) >= 11 is 0. The highest BCUT2D eigenvalue weighted by atomic mass is 19.1. The third-order valence-electron chi connectivity index (χ3n) is 2.62. The monoisotopic (exact) mass is 283 g/mol. The zero-order valence-electron chi connectivity index (χ0n) is 11.0. The summed E-state index contributed by atoms with van der Waals surface area (Å²) in [7, 11) is 0. The van der Waals surface area contributed by atoms with E-state index in [1.807, 2.05) is 6.92 Å². The van der Waals surface area contributed by atoms with E-state index in [0.717, 1.165) is 18.6 Å². The molecule has 0 atom stereocenters. The van der Waals surface area contributed by atoms with Crippen molar-refractivity contribution in [1.82, 2.24) is 10.1 Å². The largest absolute Gasteiger partial charge is 0.478 e. The Hall–Kier alpha value is -2.02. The zero-order chi connectivity index (χ0) is 14.5. The molecule has 0 bridgehead atoms. The lowest BCUT2D eigenvalue weighted by Crippen LogP contribution is -2.03. The SMILES string of the molecule is CCCc1noc(COc2c(F)cc(CN)cc2F)n1. The van der Waals surface area contributed by atoms with Crippen LogP contribution in [0, 0.1) is 11.6 Å². The predicted octanol–water partition coefficient (Wildman–Crippen LogP) is 2.34. The highest BCUT2D eigenvalue weighted by molar-refractivity contribution is 5.31. The molecule has 1 aromatic carbocycles. The van der Waals surface area contributed by atoms with Crippen LogP contribution in [0.25, 0.3) is 0 Å². The lowest BCUT2D eigenvalue weighted by atomic mass is 10.2. The van der Waals surface area contributed by atoms with Gasteiger partial charge < -0.3 is 15.0 Å². The van der Waals surface area contributed by atoms with Gasteiger partial charge in [0, 0.05) is 13.0 Å². The van der Waals surface area contributed by atoms with Crippen molar-refractivity contribution in [1.29, 1.82) is 0 Å². The Balaban J connectivity index is 2.06. The van der Waals surface area contributed by atoms with Crippen molar-refractivity contribution >= 4 is 0 Å². The average Bonchev–Trinajstić information content (AvgIpc) is 2.85. The Morgan fingerprint density at radius 2 is 2.00 bits per heavy atom. The van der Waals surface area contributed by atoms with E-state index in [1.54, 1.807) is 0 Å². The van der Waals surface area contributed by atoms with Crippen LogP contribution >= 0.6 is 0 Å². The van der Waals surface area contributed by atoms with E-state index in [1.165, 1.54) is 0 Å². The van der Waals surface area contributed by atoms with E-state index in [0.29, 0.717) is 17.8 Å². The van der Waals surface area contributed by atoms with Crippen LogP contribution in [0.4, 0.5) is 8.78 Å². The van der Waals surface area contributed by atoms with Gasteiger partial charge in [0.25, 0.3) is 5.89 Å². The van der Waals surface area contributed by atoms with Crippen molar-refractivity contribution in [2.45, 2.75) is 32.9 Å². The van der Waals surface area contributed by atoms with Crippen molar-refractivity contribution in [2.24, 2.45) is 5.73 Å². The number of nitrogens with two attached hydrogens (primary N) is 1. The molecule has 0 amide bonds. The lowest BCUT2D eigenvalue weighted by molar-refractivity contribution is 0.224. The van der Waals surface area contributed by atoms with E-state index in [4.69, 9.17) is 15.0 Å². The minimum absolute atomic E-state index is 0.0537. The van der Waals surface area contributed by atoms with Gasteiger partial charge in [-0.15, -0.1) is 0 Å². The summed E-state index contributed by atoms with van der Waals surface area (Å²) in [5, 5.41) is 3.72. The quantitative estimate of drug-likeness (QED) is 0.880. The van der Waals surface area contributed by atoms with Gasteiger partial charge in [-0.25, -0.2) is 8.78 Å². The molecule has 0 spiro atoms. The third-order valence-corrected chi connectivity index (χ3v) is 2.62. The summed E-state index contributed by atoms with van der Waals surface area (Å²) in [6.45, 7) is 1.85. The van der Waals surface area contributed by atoms with Crippen LogP contribution in [-0.2, 0) is 19.6 Å². The number of aryl methyl sites for hydroxylation is 1. The average molecular weight is 283 g/mol. The van der Waals surface area contributed by atoms with Crippen molar-refractivity contribution < 1.29 is 18.0 Å². The molecular weight excluding hydrogens is 268 g/mol. The van der Waals surface area contributed by atoms with Crippen molar-refractivity contribution in [2.75, 3.05) is 0 Å².